The Morgan fingerprint density at radius 1 is 0.867 bits per heavy atom. The summed E-state index contributed by atoms with van der Waals surface area (Å²) in [6, 6.07) is 30.2. The predicted molar refractivity (Wildman–Crippen MR) is 172 cm³/mol. The first-order valence-corrected chi connectivity index (χ1v) is 15.1. The molecular formula is C37H32N4O4. The summed E-state index contributed by atoms with van der Waals surface area (Å²) in [5.41, 5.74) is 3.51. The number of carboxylic acid groups (broad SMARTS) is 1. The van der Waals surface area contributed by atoms with Crippen molar-refractivity contribution >= 4 is 40.8 Å². The molecule has 4 unspecified atom stereocenters. The molecule has 5 aromatic rings. The lowest BCUT2D eigenvalue weighted by atomic mass is 9.76. The Bertz CT molecular complexity index is 1900. The molecule has 2 aromatic heterocycles. The second-order valence-electron chi connectivity index (χ2n) is 11.7. The number of carboxylic acids is 1. The molecule has 2 amide bonds. The van der Waals surface area contributed by atoms with Crippen LogP contribution < -0.4 is 5.32 Å². The van der Waals surface area contributed by atoms with E-state index < -0.39 is 35.3 Å². The molecule has 0 aliphatic carbocycles. The van der Waals surface area contributed by atoms with Crippen LogP contribution in [-0.2, 0) is 27.2 Å². The molecule has 0 saturated carbocycles. The van der Waals surface area contributed by atoms with Gasteiger partial charge in [-0.1, -0.05) is 91.0 Å². The molecular weight excluding hydrogens is 564 g/mol. The molecule has 224 valence electrons. The van der Waals surface area contributed by atoms with E-state index >= 15 is 0 Å². The number of amides is 2. The number of aliphatic carboxylic acids is 1. The van der Waals surface area contributed by atoms with Crippen LogP contribution in [0.25, 0.3) is 23.1 Å². The van der Waals surface area contributed by atoms with Crippen LogP contribution in [0.1, 0.15) is 34.0 Å². The van der Waals surface area contributed by atoms with Crippen molar-refractivity contribution in [2.75, 3.05) is 6.54 Å². The SMILES string of the molecule is O=C1C2C(c3ccc(C=Cc4ccccc4)cc3)NC(Cc3c[nH]c4ccccc34)(C(=O)O)C2C(=O)N1CCc1ccccn1. The van der Waals surface area contributed by atoms with Gasteiger partial charge in [0.1, 0.15) is 5.54 Å². The van der Waals surface area contributed by atoms with Gasteiger partial charge in [-0.2, -0.15) is 0 Å². The lowest BCUT2D eigenvalue weighted by Gasteiger charge is -2.31. The van der Waals surface area contributed by atoms with E-state index in [1.807, 2.05) is 109 Å². The van der Waals surface area contributed by atoms with Crippen LogP contribution in [0.4, 0.5) is 0 Å². The minimum absolute atomic E-state index is 0.0367. The van der Waals surface area contributed by atoms with Gasteiger partial charge in [-0.3, -0.25) is 29.6 Å². The average Bonchev–Trinajstić information content (AvgIpc) is 3.72. The predicted octanol–water partition coefficient (Wildman–Crippen LogP) is 5.29. The smallest absolute Gasteiger partial charge is 0.325 e. The molecule has 8 heteroatoms. The molecule has 4 atom stereocenters. The number of rotatable bonds is 9. The lowest BCUT2D eigenvalue weighted by Crippen LogP contribution is -2.57. The summed E-state index contributed by atoms with van der Waals surface area (Å²) in [5.74, 6) is -3.91. The van der Waals surface area contributed by atoms with Crippen molar-refractivity contribution < 1.29 is 19.5 Å². The summed E-state index contributed by atoms with van der Waals surface area (Å²) in [6.07, 6.45) is 7.93. The van der Waals surface area contributed by atoms with E-state index in [4.69, 9.17) is 0 Å². The summed E-state index contributed by atoms with van der Waals surface area (Å²) < 4.78 is 0. The second kappa shape index (κ2) is 11.6. The third-order valence-electron chi connectivity index (χ3n) is 9.15. The normalized spacial score (nSPS) is 22.8. The summed E-state index contributed by atoms with van der Waals surface area (Å²) in [7, 11) is 0. The van der Waals surface area contributed by atoms with Crippen molar-refractivity contribution in [2.45, 2.75) is 24.4 Å². The van der Waals surface area contributed by atoms with Gasteiger partial charge in [0.15, 0.2) is 0 Å². The molecule has 0 spiro atoms. The lowest BCUT2D eigenvalue weighted by molar-refractivity contribution is -0.151. The number of para-hydroxylation sites is 1. The number of fused-ring (bicyclic) bond motifs is 2. The molecule has 2 aliphatic heterocycles. The zero-order valence-corrected chi connectivity index (χ0v) is 24.5. The zero-order valence-electron chi connectivity index (χ0n) is 24.5. The minimum Gasteiger partial charge on any atom is -0.480 e. The quantitative estimate of drug-likeness (QED) is 0.157. The Morgan fingerprint density at radius 3 is 2.31 bits per heavy atom. The van der Waals surface area contributed by atoms with Gasteiger partial charge in [-0.15, -0.1) is 0 Å². The van der Waals surface area contributed by atoms with Crippen molar-refractivity contribution in [3.63, 3.8) is 0 Å². The number of nitrogens with zero attached hydrogens (tertiary/aromatic N) is 2. The summed E-state index contributed by atoms with van der Waals surface area (Å²) in [6.45, 7) is 0.139. The molecule has 0 radical (unpaired) electrons. The number of aromatic amines is 1. The highest BCUT2D eigenvalue weighted by molar-refractivity contribution is 6.09. The van der Waals surface area contributed by atoms with Gasteiger partial charge < -0.3 is 10.1 Å². The van der Waals surface area contributed by atoms with Gasteiger partial charge in [0.05, 0.1) is 11.8 Å². The van der Waals surface area contributed by atoms with Gasteiger partial charge >= 0.3 is 5.97 Å². The van der Waals surface area contributed by atoms with E-state index in [0.717, 1.165) is 38.9 Å². The average molecular weight is 597 g/mol. The number of carbonyl (C=O) groups excluding carboxylic acids is 2. The first kappa shape index (κ1) is 28.4. The number of likely N-dealkylation sites (tertiary alicyclic amines) is 1. The third kappa shape index (κ3) is 5.13. The van der Waals surface area contributed by atoms with Crippen LogP contribution in [0.2, 0.25) is 0 Å². The Kier molecular flexibility index (Phi) is 7.35. The highest BCUT2D eigenvalue weighted by Crippen LogP contribution is 2.50. The standard InChI is InChI=1S/C37H32N4O4/c42-34-31-32(35(43)41(34)21-19-28-10-6-7-20-38-28)37(36(44)45,22-27-23-39-30-12-5-4-11-29(27)30)40-33(31)26-17-15-25(16-18-26)14-13-24-8-2-1-3-9-24/h1-18,20,23,31-33,39-40H,19,21-22H2,(H,44,45). The van der Waals surface area contributed by atoms with E-state index in [1.54, 1.807) is 12.4 Å². The molecule has 2 saturated heterocycles. The maximum absolute atomic E-state index is 14.1. The van der Waals surface area contributed by atoms with E-state index in [9.17, 15) is 19.5 Å². The molecule has 4 heterocycles. The van der Waals surface area contributed by atoms with Crippen LogP contribution in [-0.4, -0.2) is 49.8 Å². The number of carbonyl (C=O) groups is 3. The monoisotopic (exact) mass is 596 g/mol. The fourth-order valence-corrected chi connectivity index (χ4v) is 6.93. The Labute approximate surface area is 260 Å². The van der Waals surface area contributed by atoms with Crippen LogP contribution in [0.15, 0.2) is 109 Å². The fourth-order valence-electron chi connectivity index (χ4n) is 6.93. The van der Waals surface area contributed by atoms with Gasteiger partial charge in [0.25, 0.3) is 0 Å². The second-order valence-corrected chi connectivity index (χ2v) is 11.7. The summed E-state index contributed by atoms with van der Waals surface area (Å²) in [5, 5.41) is 15.1. The number of nitrogens with one attached hydrogen (secondary N) is 2. The van der Waals surface area contributed by atoms with Crippen molar-refractivity contribution in [3.8, 4) is 0 Å². The van der Waals surface area contributed by atoms with Gasteiger partial charge in [0.2, 0.25) is 11.8 Å². The van der Waals surface area contributed by atoms with E-state index in [2.05, 4.69) is 15.3 Å². The highest BCUT2D eigenvalue weighted by Gasteiger charge is 2.68. The molecule has 2 fully saturated rings. The van der Waals surface area contributed by atoms with Crippen LogP contribution in [0, 0.1) is 11.8 Å². The molecule has 3 N–H and O–H groups in total. The van der Waals surface area contributed by atoms with Crippen molar-refractivity contribution in [1.29, 1.82) is 0 Å². The summed E-state index contributed by atoms with van der Waals surface area (Å²) >= 11 is 0. The molecule has 2 aliphatic rings. The topological polar surface area (TPSA) is 115 Å². The maximum Gasteiger partial charge on any atom is 0.325 e. The number of pyridine rings is 1. The Morgan fingerprint density at radius 2 is 1.58 bits per heavy atom. The van der Waals surface area contributed by atoms with Gasteiger partial charge in [-0.25, -0.2) is 0 Å². The fraction of sp³-hybridized carbons (Fsp3) is 0.189. The highest BCUT2D eigenvalue weighted by atomic mass is 16.4. The zero-order chi connectivity index (χ0) is 31.0. The minimum atomic E-state index is -1.70. The van der Waals surface area contributed by atoms with Crippen LogP contribution in [0.3, 0.4) is 0 Å². The maximum atomic E-state index is 14.1. The number of imide groups is 1. The Balaban J connectivity index is 1.25. The van der Waals surface area contributed by atoms with E-state index in [1.165, 1.54) is 4.90 Å². The number of hydrogen-bond donors (Lipinski definition) is 3. The van der Waals surface area contributed by atoms with Crippen LogP contribution >= 0.6 is 0 Å². The number of benzene rings is 3. The molecule has 7 rings (SSSR count). The van der Waals surface area contributed by atoms with E-state index in [-0.39, 0.29) is 18.9 Å². The molecule has 8 nitrogen and oxygen atoms in total. The van der Waals surface area contributed by atoms with Gasteiger partial charge in [0, 0.05) is 54.4 Å². The van der Waals surface area contributed by atoms with Crippen LogP contribution in [0.5, 0.6) is 0 Å². The molecule has 45 heavy (non-hydrogen) atoms. The summed E-state index contributed by atoms with van der Waals surface area (Å²) in [4.78, 5) is 50.4. The molecule has 3 aromatic carbocycles. The van der Waals surface area contributed by atoms with Gasteiger partial charge in [-0.05, 0) is 40.5 Å². The van der Waals surface area contributed by atoms with Crippen molar-refractivity contribution in [1.82, 2.24) is 20.2 Å². The van der Waals surface area contributed by atoms with Crippen molar-refractivity contribution in [2.24, 2.45) is 11.8 Å². The van der Waals surface area contributed by atoms with E-state index in [0.29, 0.717) is 6.42 Å². The molecule has 0 bridgehead atoms. The first-order valence-electron chi connectivity index (χ1n) is 15.1. The number of hydrogen-bond acceptors (Lipinski definition) is 5. The first-order chi connectivity index (χ1) is 21.9. The third-order valence-corrected chi connectivity index (χ3v) is 9.15. The number of H-pyrrole nitrogens is 1. The Hall–Kier alpha value is -5.34. The largest absolute Gasteiger partial charge is 0.480 e. The number of aromatic nitrogens is 2. The van der Waals surface area contributed by atoms with Crippen molar-refractivity contribution in [3.05, 3.63) is 137 Å².